The fraction of sp³-hybridized carbons (Fsp3) is 0.238. The van der Waals surface area contributed by atoms with Crippen molar-refractivity contribution in [1.82, 2.24) is 9.97 Å². The van der Waals surface area contributed by atoms with E-state index in [-0.39, 0.29) is 0 Å². The van der Waals surface area contributed by atoms with Gasteiger partial charge in [-0.2, -0.15) is 0 Å². The number of aryl methyl sites for hydroxylation is 1. The van der Waals surface area contributed by atoms with E-state index in [4.69, 9.17) is 21.3 Å². The van der Waals surface area contributed by atoms with Gasteiger partial charge in [-0.05, 0) is 48.7 Å². The van der Waals surface area contributed by atoms with Gasteiger partial charge in [-0.3, -0.25) is 0 Å². The van der Waals surface area contributed by atoms with Gasteiger partial charge in [0.2, 0.25) is 0 Å². The molecular weight excluding hydrogens is 378 g/mol. The van der Waals surface area contributed by atoms with Crippen LogP contribution in [0.3, 0.4) is 0 Å². The highest BCUT2D eigenvalue weighted by molar-refractivity contribution is 7.98. The third-order valence-electron chi connectivity index (χ3n) is 4.47. The average Bonchev–Trinajstić information content (AvgIpc) is 2.68. The van der Waals surface area contributed by atoms with Crippen molar-refractivity contribution in [2.75, 3.05) is 19.1 Å². The number of hydrogen-bond donors (Lipinski definition) is 0. The van der Waals surface area contributed by atoms with Gasteiger partial charge in [-0.15, -0.1) is 0 Å². The van der Waals surface area contributed by atoms with Crippen LogP contribution in [0, 0.1) is 13.8 Å². The molecule has 3 aromatic rings. The van der Waals surface area contributed by atoms with Gasteiger partial charge in [0.25, 0.3) is 0 Å². The average molecular weight is 400 g/mol. The van der Waals surface area contributed by atoms with Crippen molar-refractivity contribution in [3.05, 3.63) is 70.4 Å². The summed E-state index contributed by atoms with van der Waals surface area (Å²) in [5.74, 6) is 2.39. The Hall–Kier alpha value is -2.24. The number of aromatic nitrogens is 2. The Morgan fingerprint density at radius 3 is 2.52 bits per heavy atom. The topological polar surface area (TPSA) is 38.2 Å². The maximum absolute atomic E-state index is 6.27. The van der Waals surface area contributed by atoms with Gasteiger partial charge in [-0.1, -0.05) is 47.6 Å². The second-order valence-corrected chi connectivity index (χ2v) is 7.58. The molecule has 2 aromatic carbocycles. The van der Waals surface area contributed by atoms with Gasteiger partial charge in [0.15, 0.2) is 5.16 Å². The molecule has 140 valence electrons. The highest BCUT2D eigenvalue weighted by atomic mass is 35.5. The van der Waals surface area contributed by atoms with Crippen LogP contribution in [0.4, 0.5) is 11.5 Å². The molecule has 0 fully saturated rings. The maximum atomic E-state index is 6.27. The minimum Gasteiger partial charge on any atom is -0.497 e. The van der Waals surface area contributed by atoms with Crippen LogP contribution in [-0.4, -0.2) is 24.1 Å². The van der Waals surface area contributed by atoms with E-state index in [9.17, 15) is 0 Å². The van der Waals surface area contributed by atoms with Gasteiger partial charge < -0.3 is 9.64 Å². The summed E-state index contributed by atoms with van der Waals surface area (Å²) in [7, 11) is 3.66. The SMILES string of the molecule is COc1ccc(CSc2nc(Cl)cc(N(C)c3cccc(C)c3C)n2)cc1. The standard InChI is InChI=1S/C21H22ClN3OS/c1-14-6-5-7-18(15(14)2)25(3)20-12-19(22)23-21(24-20)27-13-16-8-10-17(26-4)11-9-16/h5-12H,13H2,1-4H3. The first-order valence-electron chi connectivity index (χ1n) is 8.58. The molecule has 0 atom stereocenters. The molecule has 0 aliphatic heterocycles. The lowest BCUT2D eigenvalue weighted by atomic mass is 10.1. The molecule has 0 spiro atoms. The molecule has 1 aromatic heterocycles. The number of hydrogen-bond acceptors (Lipinski definition) is 5. The number of anilines is 2. The summed E-state index contributed by atoms with van der Waals surface area (Å²) in [4.78, 5) is 11.1. The van der Waals surface area contributed by atoms with Crippen molar-refractivity contribution in [2.24, 2.45) is 0 Å². The lowest BCUT2D eigenvalue weighted by molar-refractivity contribution is 0.414. The van der Waals surface area contributed by atoms with E-state index in [0.717, 1.165) is 23.0 Å². The molecule has 0 saturated carbocycles. The summed E-state index contributed by atoms with van der Waals surface area (Å²) in [5.41, 5.74) is 4.75. The van der Waals surface area contributed by atoms with Gasteiger partial charge in [-0.25, -0.2) is 9.97 Å². The zero-order chi connectivity index (χ0) is 19.4. The second-order valence-electron chi connectivity index (χ2n) is 6.25. The number of rotatable bonds is 6. The summed E-state index contributed by atoms with van der Waals surface area (Å²) < 4.78 is 5.20. The Balaban J connectivity index is 1.80. The lowest BCUT2D eigenvalue weighted by Crippen LogP contribution is -2.13. The highest BCUT2D eigenvalue weighted by Gasteiger charge is 2.13. The Morgan fingerprint density at radius 2 is 1.81 bits per heavy atom. The first kappa shape index (κ1) is 19.5. The van der Waals surface area contributed by atoms with Crippen LogP contribution in [0.1, 0.15) is 16.7 Å². The predicted octanol–water partition coefficient (Wildman–Crippen LogP) is 5.82. The Labute approximate surface area is 169 Å². The van der Waals surface area contributed by atoms with E-state index in [1.807, 2.05) is 36.2 Å². The minimum absolute atomic E-state index is 0.439. The second kappa shape index (κ2) is 8.63. The number of thioether (sulfide) groups is 1. The van der Waals surface area contributed by atoms with E-state index in [0.29, 0.717) is 10.3 Å². The minimum atomic E-state index is 0.439. The number of nitrogens with zero attached hydrogens (tertiary/aromatic N) is 3. The van der Waals surface area contributed by atoms with E-state index in [1.165, 1.54) is 16.7 Å². The molecule has 4 nitrogen and oxygen atoms in total. The first-order chi connectivity index (χ1) is 13.0. The molecule has 0 bridgehead atoms. The molecule has 0 aliphatic rings. The van der Waals surface area contributed by atoms with Crippen molar-refractivity contribution < 1.29 is 4.74 Å². The van der Waals surface area contributed by atoms with Crippen molar-refractivity contribution >= 4 is 34.9 Å². The Bertz CT molecular complexity index is 931. The van der Waals surface area contributed by atoms with Crippen LogP contribution in [0.15, 0.2) is 53.7 Å². The van der Waals surface area contributed by atoms with Crippen molar-refractivity contribution in [1.29, 1.82) is 0 Å². The Kier molecular flexibility index (Phi) is 6.24. The Morgan fingerprint density at radius 1 is 1.07 bits per heavy atom. The van der Waals surface area contributed by atoms with Gasteiger partial charge in [0, 0.05) is 24.6 Å². The third kappa shape index (κ3) is 4.73. The van der Waals surface area contributed by atoms with Crippen LogP contribution in [0.2, 0.25) is 5.15 Å². The molecule has 6 heteroatoms. The van der Waals surface area contributed by atoms with Crippen molar-refractivity contribution in [2.45, 2.75) is 24.8 Å². The molecular formula is C21H22ClN3OS. The van der Waals surface area contributed by atoms with E-state index >= 15 is 0 Å². The van der Waals surface area contributed by atoms with Gasteiger partial charge in [0.05, 0.1) is 7.11 Å². The van der Waals surface area contributed by atoms with Gasteiger partial charge in [0.1, 0.15) is 16.7 Å². The van der Waals surface area contributed by atoms with Gasteiger partial charge >= 0.3 is 0 Å². The fourth-order valence-corrected chi connectivity index (χ4v) is 3.75. The van der Waals surface area contributed by atoms with Crippen LogP contribution in [-0.2, 0) is 5.75 Å². The molecule has 0 aliphatic carbocycles. The molecule has 0 unspecified atom stereocenters. The van der Waals surface area contributed by atoms with E-state index in [1.54, 1.807) is 24.9 Å². The van der Waals surface area contributed by atoms with Crippen LogP contribution in [0.25, 0.3) is 0 Å². The van der Waals surface area contributed by atoms with E-state index < -0.39 is 0 Å². The monoisotopic (exact) mass is 399 g/mol. The largest absolute Gasteiger partial charge is 0.497 e. The summed E-state index contributed by atoms with van der Waals surface area (Å²) in [5, 5.41) is 1.10. The summed E-state index contributed by atoms with van der Waals surface area (Å²) in [6.07, 6.45) is 0. The summed E-state index contributed by atoms with van der Waals surface area (Å²) in [6.45, 7) is 4.22. The fourth-order valence-electron chi connectivity index (χ4n) is 2.71. The molecule has 0 saturated heterocycles. The normalized spacial score (nSPS) is 10.7. The lowest BCUT2D eigenvalue weighted by Gasteiger charge is -2.22. The summed E-state index contributed by atoms with van der Waals surface area (Å²) >= 11 is 7.83. The first-order valence-corrected chi connectivity index (χ1v) is 9.94. The number of benzene rings is 2. The molecule has 1 heterocycles. The van der Waals surface area contributed by atoms with E-state index in [2.05, 4.69) is 37.0 Å². The number of methoxy groups -OCH3 is 1. The number of ether oxygens (including phenoxy) is 1. The van der Waals surface area contributed by atoms with Crippen LogP contribution in [0.5, 0.6) is 5.75 Å². The quantitative estimate of drug-likeness (QED) is 0.297. The summed E-state index contributed by atoms with van der Waals surface area (Å²) in [6, 6.07) is 16.0. The maximum Gasteiger partial charge on any atom is 0.191 e. The molecule has 27 heavy (non-hydrogen) atoms. The zero-order valence-electron chi connectivity index (χ0n) is 15.9. The molecule has 3 rings (SSSR count). The molecule has 0 N–H and O–H groups in total. The van der Waals surface area contributed by atoms with Crippen LogP contribution >= 0.6 is 23.4 Å². The smallest absolute Gasteiger partial charge is 0.191 e. The van der Waals surface area contributed by atoms with Crippen LogP contribution < -0.4 is 9.64 Å². The van der Waals surface area contributed by atoms with Crippen molar-refractivity contribution in [3.63, 3.8) is 0 Å². The molecule has 0 amide bonds. The predicted molar refractivity (Wildman–Crippen MR) is 114 cm³/mol. The zero-order valence-corrected chi connectivity index (χ0v) is 17.4. The number of halogens is 1. The molecule has 0 radical (unpaired) electrons. The van der Waals surface area contributed by atoms with Crippen molar-refractivity contribution in [3.8, 4) is 5.75 Å². The third-order valence-corrected chi connectivity index (χ3v) is 5.58. The highest BCUT2D eigenvalue weighted by Crippen LogP contribution is 2.30.